The van der Waals surface area contributed by atoms with Crippen LogP contribution in [0.3, 0.4) is 0 Å². The topological polar surface area (TPSA) is 96.9 Å². The molecule has 0 radical (unpaired) electrons. The lowest BCUT2D eigenvalue weighted by Gasteiger charge is -2.21. The van der Waals surface area contributed by atoms with Gasteiger partial charge in [0, 0.05) is 23.5 Å². The molecule has 0 spiro atoms. The van der Waals surface area contributed by atoms with E-state index in [-0.39, 0.29) is 48.1 Å². The molecule has 8 nitrogen and oxygen atoms in total. The van der Waals surface area contributed by atoms with Crippen molar-refractivity contribution >= 4 is 41.5 Å². The summed E-state index contributed by atoms with van der Waals surface area (Å²) < 4.78 is 10.8. The van der Waals surface area contributed by atoms with E-state index in [2.05, 4.69) is 25.9 Å². The fraction of sp³-hybridized carbons (Fsp3) is 0.435. The number of methoxy groups -OCH3 is 1. The zero-order valence-electron chi connectivity index (χ0n) is 19.6. The Morgan fingerprint density at radius 3 is 2.44 bits per heavy atom. The van der Waals surface area contributed by atoms with E-state index in [9.17, 15) is 4.79 Å². The number of amides is 1. The highest BCUT2D eigenvalue weighted by Gasteiger charge is 2.14. The second-order valence-electron chi connectivity index (χ2n) is 8.34. The van der Waals surface area contributed by atoms with E-state index >= 15 is 0 Å². The molecular formula is C23H34IN5O3. The van der Waals surface area contributed by atoms with E-state index in [1.165, 1.54) is 0 Å². The first-order chi connectivity index (χ1) is 14.6. The number of carbonyl (C=O) groups is 1. The van der Waals surface area contributed by atoms with Crippen LogP contribution in [0.15, 0.2) is 47.6 Å². The molecule has 1 aromatic carbocycles. The Morgan fingerprint density at radius 1 is 1.16 bits per heavy atom. The van der Waals surface area contributed by atoms with Gasteiger partial charge in [-0.1, -0.05) is 0 Å². The number of rotatable bonds is 8. The van der Waals surface area contributed by atoms with Crippen LogP contribution in [0.25, 0.3) is 0 Å². The lowest BCUT2D eigenvalue weighted by molar-refractivity contribution is -0.121. The van der Waals surface area contributed by atoms with Gasteiger partial charge in [-0.2, -0.15) is 0 Å². The molecule has 0 saturated heterocycles. The van der Waals surface area contributed by atoms with Crippen molar-refractivity contribution in [1.29, 1.82) is 0 Å². The van der Waals surface area contributed by atoms with Gasteiger partial charge in [0.25, 0.3) is 0 Å². The van der Waals surface area contributed by atoms with Crippen LogP contribution in [0.4, 0.5) is 5.69 Å². The number of nitrogens with zero attached hydrogens (tertiary/aromatic N) is 2. The maximum absolute atomic E-state index is 12.2. The predicted octanol–water partition coefficient (Wildman–Crippen LogP) is 3.97. The highest BCUT2D eigenvalue weighted by Crippen LogP contribution is 2.17. The second-order valence-corrected chi connectivity index (χ2v) is 8.34. The van der Waals surface area contributed by atoms with Gasteiger partial charge in [0.2, 0.25) is 11.8 Å². The van der Waals surface area contributed by atoms with Crippen molar-refractivity contribution in [1.82, 2.24) is 15.6 Å². The standard InChI is InChI=1S/C23H33N5O3.HI/c1-16(2)31-19-9-7-18(8-10-19)27-22(26-15-20(29)28-23(3,4)5)25-14-17-11-12-24-21(13-17)30-6;/h7-13,16H,14-15H2,1-6H3,(H,28,29)(H2,25,26,27);1H. The molecule has 9 heteroatoms. The largest absolute Gasteiger partial charge is 0.491 e. The van der Waals surface area contributed by atoms with Crippen LogP contribution in [0, 0.1) is 0 Å². The van der Waals surface area contributed by atoms with E-state index in [1.54, 1.807) is 13.3 Å². The smallest absolute Gasteiger partial charge is 0.239 e. The number of aliphatic imine (C=N–C) groups is 1. The summed E-state index contributed by atoms with van der Waals surface area (Å²) in [4.78, 5) is 20.9. The van der Waals surface area contributed by atoms with Gasteiger partial charge in [0.1, 0.15) is 5.75 Å². The third-order valence-electron chi connectivity index (χ3n) is 3.85. The molecule has 176 valence electrons. The monoisotopic (exact) mass is 555 g/mol. The zero-order valence-corrected chi connectivity index (χ0v) is 21.9. The first-order valence-electron chi connectivity index (χ1n) is 10.3. The first kappa shape index (κ1) is 27.5. The zero-order chi connectivity index (χ0) is 22.9. The molecule has 0 aliphatic carbocycles. The summed E-state index contributed by atoms with van der Waals surface area (Å²) in [5.41, 5.74) is 1.46. The normalized spacial score (nSPS) is 11.4. The number of pyridine rings is 1. The van der Waals surface area contributed by atoms with Crippen molar-refractivity contribution in [2.45, 2.75) is 52.8 Å². The summed E-state index contributed by atoms with van der Waals surface area (Å²) in [5, 5.41) is 9.25. The van der Waals surface area contributed by atoms with E-state index in [1.807, 2.05) is 71.0 Å². The number of hydrogen-bond acceptors (Lipinski definition) is 5. The molecular weight excluding hydrogens is 521 g/mol. The minimum Gasteiger partial charge on any atom is -0.491 e. The van der Waals surface area contributed by atoms with Gasteiger partial charge in [-0.3, -0.25) is 4.79 Å². The highest BCUT2D eigenvalue weighted by atomic mass is 127. The second kappa shape index (κ2) is 13.1. The number of halogens is 1. The van der Waals surface area contributed by atoms with E-state index in [0.29, 0.717) is 18.4 Å². The number of hydrogen-bond donors (Lipinski definition) is 3. The van der Waals surface area contributed by atoms with E-state index < -0.39 is 0 Å². The van der Waals surface area contributed by atoms with Crippen molar-refractivity contribution < 1.29 is 14.3 Å². The minimum absolute atomic E-state index is 0. The summed E-state index contributed by atoms with van der Waals surface area (Å²) in [6.45, 7) is 10.3. The molecule has 0 saturated carbocycles. The molecule has 32 heavy (non-hydrogen) atoms. The van der Waals surface area contributed by atoms with Gasteiger partial charge in [0.05, 0.1) is 26.3 Å². The quantitative estimate of drug-likeness (QED) is 0.259. The van der Waals surface area contributed by atoms with Gasteiger partial charge in [0.15, 0.2) is 5.96 Å². The van der Waals surface area contributed by atoms with Gasteiger partial charge in [-0.05, 0) is 70.5 Å². The lowest BCUT2D eigenvalue weighted by Crippen LogP contribution is -2.46. The number of ether oxygens (including phenoxy) is 2. The van der Waals surface area contributed by atoms with Crippen LogP contribution < -0.4 is 25.4 Å². The van der Waals surface area contributed by atoms with Crippen LogP contribution in [0.1, 0.15) is 40.2 Å². The first-order valence-corrected chi connectivity index (χ1v) is 10.3. The van der Waals surface area contributed by atoms with Crippen molar-refractivity contribution in [2.24, 2.45) is 4.99 Å². The summed E-state index contributed by atoms with van der Waals surface area (Å²) in [5.74, 6) is 1.69. The van der Waals surface area contributed by atoms with Crippen molar-refractivity contribution in [2.75, 3.05) is 19.0 Å². The molecule has 1 amide bonds. The molecule has 2 aromatic rings. The Morgan fingerprint density at radius 2 is 1.84 bits per heavy atom. The van der Waals surface area contributed by atoms with E-state index in [4.69, 9.17) is 9.47 Å². The van der Waals surface area contributed by atoms with Gasteiger partial charge in [-0.15, -0.1) is 24.0 Å². The molecule has 1 heterocycles. The average molecular weight is 555 g/mol. The number of benzene rings is 1. The van der Waals surface area contributed by atoms with Crippen molar-refractivity contribution in [3.63, 3.8) is 0 Å². The molecule has 0 bridgehead atoms. The Balaban J connectivity index is 0.00000512. The number of carbonyl (C=O) groups excluding carboxylic acids is 1. The average Bonchev–Trinajstić information content (AvgIpc) is 2.70. The molecule has 1 aromatic heterocycles. The number of aromatic nitrogens is 1. The maximum Gasteiger partial charge on any atom is 0.239 e. The lowest BCUT2D eigenvalue weighted by atomic mass is 10.1. The third-order valence-corrected chi connectivity index (χ3v) is 3.85. The van der Waals surface area contributed by atoms with Crippen LogP contribution in [-0.2, 0) is 11.3 Å². The molecule has 0 fully saturated rings. The Hall–Kier alpha value is -2.56. The SMILES string of the molecule is COc1cc(CN=C(NCC(=O)NC(C)(C)C)Nc2ccc(OC(C)C)cc2)ccn1.I. The maximum atomic E-state index is 12.2. The molecule has 0 aliphatic rings. The Bertz CT molecular complexity index is 880. The van der Waals surface area contributed by atoms with Gasteiger partial charge in [-0.25, -0.2) is 9.98 Å². The van der Waals surface area contributed by atoms with Crippen LogP contribution >= 0.6 is 24.0 Å². The highest BCUT2D eigenvalue weighted by molar-refractivity contribution is 14.0. The summed E-state index contributed by atoms with van der Waals surface area (Å²) >= 11 is 0. The molecule has 3 N–H and O–H groups in total. The molecule has 2 rings (SSSR count). The van der Waals surface area contributed by atoms with Crippen LogP contribution in [0.2, 0.25) is 0 Å². The molecule has 0 aliphatic heterocycles. The minimum atomic E-state index is -0.302. The van der Waals surface area contributed by atoms with Crippen molar-refractivity contribution in [3.05, 3.63) is 48.2 Å². The summed E-state index contributed by atoms with van der Waals surface area (Å²) in [6.07, 6.45) is 1.78. The fourth-order valence-corrected chi connectivity index (χ4v) is 2.62. The van der Waals surface area contributed by atoms with Crippen LogP contribution in [-0.4, -0.2) is 42.1 Å². The Labute approximate surface area is 207 Å². The Kier molecular flexibility index (Phi) is 11.2. The van der Waals surface area contributed by atoms with Gasteiger partial charge >= 0.3 is 0 Å². The fourth-order valence-electron chi connectivity index (χ4n) is 2.62. The van der Waals surface area contributed by atoms with Crippen LogP contribution in [0.5, 0.6) is 11.6 Å². The summed E-state index contributed by atoms with van der Waals surface area (Å²) in [6, 6.07) is 11.3. The van der Waals surface area contributed by atoms with E-state index in [0.717, 1.165) is 17.0 Å². The predicted molar refractivity (Wildman–Crippen MR) is 139 cm³/mol. The summed E-state index contributed by atoms with van der Waals surface area (Å²) in [7, 11) is 1.57. The van der Waals surface area contributed by atoms with Gasteiger partial charge < -0.3 is 25.4 Å². The third kappa shape index (κ3) is 10.7. The van der Waals surface area contributed by atoms with Crippen molar-refractivity contribution in [3.8, 4) is 11.6 Å². The molecule has 0 unspecified atom stereocenters. The number of nitrogens with one attached hydrogen (secondary N) is 3. The number of guanidine groups is 1. The molecule has 0 atom stereocenters. The number of anilines is 1.